The third kappa shape index (κ3) is 3.97. The fourth-order valence-corrected chi connectivity index (χ4v) is 3.85. The highest BCUT2D eigenvalue weighted by Gasteiger charge is 2.13. The zero-order valence-corrected chi connectivity index (χ0v) is 15.3. The summed E-state index contributed by atoms with van der Waals surface area (Å²) in [6, 6.07) is 11.5. The van der Waals surface area contributed by atoms with Gasteiger partial charge in [0.1, 0.15) is 5.75 Å². The van der Waals surface area contributed by atoms with Crippen LogP contribution in [0.25, 0.3) is 10.2 Å². The quantitative estimate of drug-likeness (QED) is 0.738. The fraction of sp³-hybridized carbons (Fsp3) is 0.176. The lowest BCUT2D eigenvalue weighted by molar-refractivity contribution is 0.102. The van der Waals surface area contributed by atoms with Crippen molar-refractivity contribution in [3.8, 4) is 5.75 Å². The second-order valence-corrected chi connectivity index (χ2v) is 8.38. The van der Waals surface area contributed by atoms with Crippen LogP contribution < -0.4 is 10.1 Å². The van der Waals surface area contributed by atoms with E-state index in [-0.39, 0.29) is 10.8 Å². The van der Waals surface area contributed by atoms with Gasteiger partial charge in [0.25, 0.3) is 5.91 Å². The van der Waals surface area contributed by atoms with Crippen molar-refractivity contribution in [2.75, 3.05) is 18.2 Å². The Labute approximate surface area is 149 Å². The van der Waals surface area contributed by atoms with Crippen LogP contribution in [0.15, 0.2) is 47.4 Å². The molecule has 3 aromatic rings. The summed E-state index contributed by atoms with van der Waals surface area (Å²) in [4.78, 5) is 16.9. The maximum Gasteiger partial charge on any atom is 0.257 e. The first-order chi connectivity index (χ1) is 11.9. The lowest BCUT2D eigenvalue weighted by Crippen LogP contribution is -2.11. The molecule has 0 saturated carbocycles. The number of nitrogens with zero attached hydrogens (tertiary/aromatic N) is 1. The van der Waals surface area contributed by atoms with Crippen molar-refractivity contribution >= 4 is 42.4 Å². The molecule has 0 unspecified atom stereocenters. The van der Waals surface area contributed by atoms with E-state index in [0.29, 0.717) is 33.3 Å². The summed E-state index contributed by atoms with van der Waals surface area (Å²) in [6.07, 6.45) is 1.16. The van der Waals surface area contributed by atoms with Gasteiger partial charge < -0.3 is 4.74 Å². The summed E-state index contributed by atoms with van der Waals surface area (Å²) >= 11 is 1.23. The summed E-state index contributed by atoms with van der Waals surface area (Å²) in [6.45, 7) is 2.45. The molecule has 0 atom stereocenters. The number of fused-ring (bicyclic) bond motifs is 1. The minimum atomic E-state index is -3.28. The number of carbonyl (C=O) groups excluding carboxylic acids is 1. The predicted octanol–water partition coefficient (Wildman–Crippen LogP) is 3.35. The van der Waals surface area contributed by atoms with E-state index in [2.05, 4.69) is 10.3 Å². The van der Waals surface area contributed by atoms with Crippen LogP contribution in [0.3, 0.4) is 0 Å². The predicted molar refractivity (Wildman–Crippen MR) is 98.3 cm³/mol. The number of carbonyl (C=O) groups is 1. The van der Waals surface area contributed by atoms with Gasteiger partial charge in [-0.2, -0.15) is 0 Å². The van der Waals surface area contributed by atoms with Gasteiger partial charge in [-0.1, -0.05) is 11.3 Å². The van der Waals surface area contributed by atoms with Gasteiger partial charge in [-0.15, -0.1) is 0 Å². The zero-order chi connectivity index (χ0) is 18.0. The number of anilines is 1. The lowest BCUT2D eigenvalue weighted by atomic mass is 10.2. The van der Waals surface area contributed by atoms with Crippen LogP contribution in [0.4, 0.5) is 5.13 Å². The molecule has 130 valence electrons. The summed E-state index contributed by atoms with van der Waals surface area (Å²) in [7, 11) is -3.28. The van der Waals surface area contributed by atoms with E-state index < -0.39 is 9.84 Å². The van der Waals surface area contributed by atoms with Gasteiger partial charge >= 0.3 is 0 Å². The van der Waals surface area contributed by atoms with E-state index >= 15 is 0 Å². The number of ether oxygens (including phenoxy) is 1. The number of benzene rings is 2. The van der Waals surface area contributed by atoms with Gasteiger partial charge in [0, 0.05) is 11.8 Å². The molecule has 0 aliphatic rings. The molecule has 1 N–H and O–H groups in total. The molecule has 3 rings (SSSR count). The molecule has 0 fully saturated rings. The lowest BCUT2D eigenvalue weighted by Gasteiger charge is -2.04. The Kier molecular flexibility index (Phi) is 4.73. The summed E-state index contributed by atoms with van der Waals surface area (Å²) in [5, 5.41) is 3.15. The molecule has 0 bridgehead atoms. The standard InChI is InChI=1S/C17H16N2O4S2/c1-3-23-12-6-4-11(5-7-12)16(20)19-17-18-14-9-8-13(25(2,21)22)10-15(14)24-17/h4-10H,3H2,1-2H3,(H,18,19,20). The van der Waals surface area contributed by atoms with Crippen LogP contribution >= 0.6 is 11.3 Å². The van der Waals surface area contributed by atoms with Crippen LogP contribution in [0.1, 0.15) is 17.3 Å². The third-order valence-electron chi connectivity index (χ3n) is 3.44. The van der Waals surface area contributed by atoms with E-state index in [1.54, 1.807) is 36.4 Å². The molecular formula is C17H16N2O4S2. The number of hydrogen-bond acceptors (Lipinski definition) is 6. The number of aromatic nitrogens is 1. The van der Waals surface area contributed by atoms with Crippen molar-refractivity contribution in [3.63, 3.8) is 0 Å². The van der Waals surface area contributed by atoms with Crippen molar-refractivity contribution in [1.82, 2.24) is 4.98 Å². The van der Waals surface area contributed by atoms with E-state index in [0.717, 1.165) is 6.26 Å². The minimum absolute atomic E-state index is 0.230. The fourth-order valence-electron chi connectivity index (χ4n) is 2.23. The molecule has 8 heteroatoms. The van der Waals surface area contributed by atoms with E-state index in [9.17, 15) is 13.2 Å². The average Bonchev–Trinajstić information content (AvgIpc) is 2.96. The largest absolute Gasteiger partial charge is 0.494 e. The molecule has 6 nitrogen and oxygen atoms in total. The van der Waals surface area contributed by atoms with Crippen LogP contribution in [0.5, 0.6) is 5.75 Å². The van der Waals surface area contributed by atoms with Gasteiger partial charge in [0.05, 0.1) is 21.7 Å². The average molecular weight is 376 g/mol. The van der Waals surface area contributed by atoms with Crippen LogP contribution in [-0.4, -0.2) is 32.2 Å². The highest BCUT2D eigenvalue weighted by molar-refractivity contribution is 7.90. The van der Waals surface area contributed by atoms with E-state index in [4.69, 9.17) is 4.74 Å². The van der Waals surface area contributed by atoms with Crippen molar-refractivity contribution in [1.29, 1.82) is 0 Å². The molecule has 0 aliphatic carbocycles. The first-order valence-electron chi connectivity index (χ1n) is 7.51. The van der Waals surface area contributed by atoms with Gasteiger partial charge in [-0.05, 0) is 49.4 Å². The van der Waals surface area contributed by atoms with Gasteiger partial charge in [0.2, 0.25) is 0 Å². The number of hydrogen-bond donors (Lipinski definition) is 1. The Morgan fingerprint density at radius 1 is 1.20 bits per heavy atom. The SMILES string of the molecule is CCOc1ccc(C(=O)Nc2nc3ccc(S(C)(=O)=O)cc3s2)cc1. The van der Waals surface area contributed by atoms with Crippen molar-refractivity contribution in [2.45, 2.75) is 11.8 Å². The molecule has 0 saturated heterocycles. The zero-order valence-electron chi connectivity index (χ0n) is 13.6. The number of thiazole rings is 1. The molecule has 0 spiro atoms. The van der Waals surface area contributed by atoms with Crippen molar-refractivity contribution in [2.24, 2.45) is 0 Å². The summed E-state index contributed by atoms with van der Waals surface area (Å²) in [5.74, 6) is 0.415. The molecule has 25 heavy (non-hydrogen) atoms. The van der Waals surface area contributed by atoms with E-state index in [1.165, 1.54) is 17.4 Å². The Bertz CT molecular complexity index is 1020. The molecule has 2 aromatic carbocycles. The summed E-state index contributed by atoms with van der Waals surface area (Å²) < 4.78 is 29.3. The van der Waals surface area contributed by atoms with Gasteiger partial charge in [-0.25, -0.2) is 13.4 Å². The van der Waals surface area contributed by atoms with Gasteiger partial charge in [0.15, 0.2) is 15.0 Å². The smallest absolute Gasteiger partial charge is 0.257 e. The van der Waals surface area contributed by atoms with Crippen LogP contribution in [0.2, 0.25) is 0 Å². The Hall–Kier alpha value is -2.45. The number of nitrogens with one attached hydrogen (secondary N) is 1. The second-order valence-electron chi connectivity index (χ2n) is 5.33. The summed E-state index contributed by atoms with van der Waals surface area (Å²) in [5.41, 5.74) is 1.12. The molecule has 0 radical (unpaired) electrons. The van der Waals surface area contributed by atoms with Crippen molar-refractivity contribution < 1.29 is 17.9 Å². The molecule has 1 aromatic heterocycles. The number of sulfone groups is 1. The van der Waals surface area contributed by atoms with Crippen LogP contribution in [-0.2, 0) is 9.84 Å². The first-order valence-corrected chi connectivity index (χ1v) is 10.2. The molecule has 0 aliphatic heterocycles. The van der Waals surface area contributed by atoms with Gasteiger partial charge in [-0.3, -0.25) is 10.1 Å². The molecular weight excluding hydrogens is 360 g/mol. The Morgan fingerprint density at radius 2 is 1.92 bits per heavy atom. The van der Waals surface area contributed by atoms with E-state index in [1.807, 2.05) is 6.92 Å². The normalized spacial score (nSPS) is 11.4. The highest BCUT2D eigenvalue weighted by atomic mass is 32.2. The molecule has 1 amide bonds. The maximum absolute atomic E-state index is 12.3. The second kappa shape index (κ2) is 6.81. The number of amides is 1. The van der Waals surface area contributed by atoms with Crippen molar-refractivity contribution in [3.05, 3.63) is 48.0 Å². The van der Waals surface area contributed by atoms with Crippen LogP contribution in [0, 0.1) is 0 Å². The molecule has 1 heterocycles. The maximum atomic E-state index is 12.3. The topological polar surface area (TPSA) is 85.4 Å². The Balaban J connectivity index is 1.81. The monoisotopic (exact) mass is 376 g/mol. The number of rotatable bonds is 5. The first kappa shape index (κ1) is 17.4. The minimum Gasteiger partial charge on any atom is -0.494 e. The Morgan fingerprint density at radius 3 is 2.56 bits per heavy atom. The third-order valence-corrected chi connectivity index (χ3v) is 5.48. The highest BCUT2D eigenvalue weighted by Crippen LogP contribution is 2.28.